The highest BCUT2D eigenvalue weighted by atomic mass is 32.2. The molecule has 0 bridgehead atoms. The van der Waals surface area contributed by atoms with E-state index in [-0.39, 0.29) is 0 Å². The number of imidazole rings is 1. The molecular weight excluding hydrogens is 400 g/mol. The van der Waals surface area contributed by atoms with E-state index in [1.807, 2.05) is 46.7 Å². The summed E-state index contributed by atoms with van der Waals surface area (Å²) in [7, 11) is 0. The molecule has 1 saturated heterocycles. The number of carbonyl (C=O) groups is 1. The van der Waals surface area contributed by atoms with Crippen molar-refractivity contribution in [2.45, 2.75) is 29.5 Å². The van der Waals surface area contributed by atoms with Crippen molar-refractivity contribution in [3.63, 3.8) is 0 Å². The van der Waals surface area contributed by atoms with E-state index in [1.165, 1.54) is 15.5 Å². The van der Waals surface area contributed by atoms with Crippen LogP contribution in [-0.4, -0.2) is 52.3 Å². The average Bonchev–Trinajstić information content (AvgIpc) is 3.47. The number of piperazine rings is 1. The number of anilines is 1. The molecule has 29 heavy (non-hydrogen) atoms. The van der Waals surface area contributed by atoms with Crippen molar-refractivity contribution < 1.29 is 4.79 Å². The molecule has 1 amide bonds. The minimum Gasteiger partial charge on any atom is -0.368 e. The van der Waals surface area contributed by atoms with Crippen molar-refractivity contribution in [3.05, 3.63) is 65.4 Å². The number of thiophene rings is 1. The molecular formula is C22H26N4OS2. The lowest BCUT2D eigenvalue weighted by atomic mass is 10.2. The number of carbonyl (C=O) groups excluding carboxylic acids is 1. The summed E-state index contributed by atoms with van der Waals surface area (Å²) < 4.78 is 2.17. The number of hydrogen-bond acceptors (Lipinski definition) is 5. The van der Waals surface area contributed by atoms with Crippen molar-refractivity contribution in [3.8, 4) is 0 Å². The number of benzene rings is 1. The van der Waals surface area contributed by atoms with Crippen molar-refractivity contribution in [2.75, 3.05) is 31.1 Å². The standard InChI is InChI=1S/C22H26N4OS2/c27-18-24-11-13-26(14-12-24)19-3-5-21(6-4-19)29-22(16-25-10-9-23-17-25)8-7-20-2-1-15-28-20/h1-6,9-10,15,17-18,22H,7-8,11-14,16H2. The average molecular weight is 427 g/mol. The second-order valence-corrected chi connectivity index (χ2v) is 9.65. The Morgan fingerprint density at radius 1 is 1.14 bits per heavy atom. The molecule has 0 N–H and O–H groups in total. The van der Waals surface area contributed by atoms with Crippen LogP contribution in [0.4, 0.5) is 5.69 Å². The lowest BCUT2D eigenvalue weighted by Crippen LogP contribution is -2.45. The van der Waals surface area contributed by atoms with Gasteiger partial charge in [-0.3, -0.25) is 4.79 Å². The molecule has 2 aromatic heterocycles. The number of rotatable bonds is 9. The molecule has 0 radical (unpaired) electrons. The highest BCUT2D eigenvalue weighted by Gasteiger charge is 2.16. The molecule has 1 atom stereocenters. The first kappa shape index (κ1) is 20.0. The minimum atomic E-state index is 0.494. The number of hydrogen-bond donors (Lipinski definition) is 0. The van der Waals surface area contributed by atoms with Crippen molar-refractivity contribution >= 4 is 35.2 Å². The molecule has 0 spiro atoms. The predicted molar refractivity (Wildman–Crippen MR) is 121 cm³/mol. The Morgan fingerprint density at radius 3 is 2.62 bits per heavy atom. The molecule has 1 aliphatic heterocycles. The second kappa shape index (κ2) is 9.98. The third-order valence-electron chi connectivity index (χ3n) is 5.23. The highest BCUT2D eigenvalue weighted by molar-refractivity contribution is 8.00. The Kier molecular flexibility index (Phi) is 6.90. The van der Waals surface area contributed by atoms with Gasteiger partial charge < -0.3 is 14.4 Å². The van der Waals surface area contributed by atoms with Gasteiger partial charge in [-0.25, -0.2) is 4.98 Å². The number of thioether (sulfide) groups is 1. The third-order valence-corrected chi connectivity index (χ3v) is 7.43. The van der Waals surface area contributed by atoms with Gasteiger partial charge >= 0.3 is 0 Å². The molecule has 7 heteroatoms. The van der Waals surface area contributed by atoms with E-state index in [9.17, 15) is 4.79 Å². The van der Waals surface area contributed by atoms with Gasteiger partial charge in [0.25, 0.3) is 0 Å². The van der Waals surface area contributed by atoms with E-state index in [4.69, 9.17) is 0 Å². The van der Waals surface area contributed by atoms with E-state index in [0.717, 1.165) is 52.0 Å². The smallest absolute Gasteiger partial charge is 0.209 e. The zero-order chi connectivity index (χ0) is 19.9. The summed E-state index contributed by atoms with van der Waals surface area (Å²) in [6.45, 7) is 4.36. The lowest BCUT2D eigenvalue weighted by Gasteiger charge is -2.34. The van der Waals surface area contributed by atoms with Gasteiger partial charge in [0, 0.05) is 65.8 Å². The summed E-state index contributed by atoms with van der Waals surface area (Å²) in [6.07, 6.45) is 9.00. The molecule has 1 aliphatic rings. The summed E-state index contributed by atoms with van der Waals surface area (Å²) >= 11 is 3.79. The van der Waals surface area contributed by atoms with Crippen LogP contribution >= 0.6 is 23.1 Å². The lowest BCUT2D eigenvalue weighted by molar-refractivity contribution is -0.118. The van der Waals surface area contributed by atoms with Crippen LogP contribution in [0.25, 0.3) is 0 Å². The maximum absolute atomic E-state index is 10.9. The Labute approximate surface area is 180 Å². The van der Waals surface area contributed by atoms with Gasteiger partial charge in [0.2, 0.25) is 6.41 Å². The van der Waals surface area contributed by atoms with Crippen molar-refractivity contribution in [2.24, 2.45) is 0 Å². The topological polar surface area (TPSA) is 41.4 Å². The zero-order valence-corrected chi connectivity index (χ0v) is 18.0. The summed E-state index contributed by atoms with van der Waals surface area (Å²) in [5, 5.41) is 2.65. The largest absolute Gasteiger partial charge is 0.368 e. The number of amides is 1. The molecule has 3 aromatic rings. The maximum Gasteiger partial charge on any atom is 0.209 e. The van der Waals surface area contributed by atoms with E-state index in [1.54, 1.807) is 0 Å². The first-order valence-electron chi connectivity index (χ1n) is 9.99. The number of aromatic nitrogens is 2. The maximum atomic E-state index is 10.9. The molecule has 1 aromatic carbocycles. The molecule has 0 aliphatic carbocycles. The van der Waals surface area contributed by atoms with Crippen LogP contribution in [0.2, 0.25) is 0 Å². The summed E-state index contributed by atoms with van der Waals surface area (Å²) in [4.78, 5) is 22.0. The molecule has 152 valence electrons. The van der Waals surface area contributed by atoms with Crippen LogP contribution in [-0.2, 0) is 17.8 Å². The Bertz CT molecular complexity index is 857. The Hall–Kier alpha value is -2.25. The molecule has 1 fully saturated rings. The predicted octanol–water partition coefficient (Wildman–Crippen LogP) is 4.02. The van der Waals surface area contributed by atoms with E-state index in [2.05, 4.69) is 56.2 Å². The zero-order valence-electron chi connectivity index (χ0n) is 16.4. The number of nitrogens with zero attached hydrogens (tertiary/aromatic N) is 4. The first-order chi connectivity index (χ1) is 14.3. The molecule has 3 heterocycles. The Morgan fingerprint density at radius 2 is 1.97 bits per heavy atom. The first-order valence-corrected chi connectivity index (χ1v) is 11.8. The fraction of sp³-hybridized carbons (Fsp3) is 0.364. The van der Waals surface area contributed by atoms with Gasteiger partial charge in [0.05, 0.1) is 6.33 Å². The van der Waals surface area contributed by atoms with Gasteiger partial charge in [0.1, 0.15) is 0 Å². The second-order valence-electron chi connectivity index (χ2n) is 7.24. The van der Waals surface area contributed by atoms with Crippen LogP contribution in [0.3, 0.4) is 0 Å². The summed E-state index contributed by atoms with van der Waals surface area (Å²) in [5.41, 5.74) is 1.24. The SMILES string of the molecule is O=CN1CCN(c2ccc(SC(CCc3cccs3)Cn3ccnc3)cc2)CC1. The summed E-state index contributed by atoms with van der Waals surface area (Å²) in [6, 6.07) is 13.3. The van der Waals surface area contributed by atoms with Gasteiger partial charge in [0.15, 0.2) is 0 Å². The van der Waals surface area contributed by atoms with Crippen molar-refractivity contribution in [1.82, 2.24) is 14.5 Å². The highest BCUT2D eigenvalue weighted by Crippen LogP contribution is 2.30. The third kappa shape index (κ3) is 5.64. The van der Waals surface area contributed by atoms with E-state index < -0.39 is 0 Å². The fourth-order valence-electron chi connectivity index (χ4n) is 3.59. The summed E-state index contributed by atoms with van der Waals surface area (Å²) in [5.74, 6) is 0. The van der Waals surface area contributed by atoms with Crippen LogP contribution in [0, 0.1) is 0 Å². The van der Waals surface area contributed by atoms with Crippen molar-refractivity contribution in [1.29, 1.82) is 0 Å². The fourth-order valence-corrected chi connectivity index (χ4v) is 5.47. The van der Waals surface area contributed by atoms with Crippen LogP contribution in [0.5, 0.6) is 0 Å². The number of aryl methyl sites for hydroxylation is 1. The molecule has 1 unspecified atom stereocenters. The Balaban J connectivity index is 1.37. The van der Waals surface area contributed by atoms with Gasteiger partial charge in [-0.15, -0.1) is 23.1 Å². The normalized spacial score (nSPS) is 15.4. The van der Waals surface area contributed by atoms with Gasteiger partial charge in [-0.1, -0.05) is 6.07 Å². The molecule has 4 rings (SSSR count). The van der Waals surface area contributed by atoms with Gasteiger partial charge in [-0.2, -0.15) is 0 Å². The van der Waals surface area contributed by atoms with Gasteiger partial charge in [-0.05, 0) is 48.6 Å². The van der Waals surface area contributed by atoms with Crippen LogP contribution in [0.1, 0.15) is 11.3 Å². The van der Waals surface area contributed by atoms with Crippen LogP contribution in [0.15, 0.2) is 65.4 Å². The minimum absolute atomic E-state index is 0.494. The molecule has 5 nitrogen and oxygen atoms in total. The van der Waals surface area contributed by atoms with Crippen LogP contribution < -0.4 is 4.90 Å². The quantitative estimate of drug-likeness (QED) is 0.383. The molecule has 0 saturated carbocycles. The monoisotopic (exact) mass is 426 g/mol. The van der Waals surface area contributed by atoms with E-state index >= 15 is 0 Å². The van der Waals surface area contributed by atoms with E-state index in [0.29, 0.717) is 5.25 Å².